The summed E-state index contributed by atoms with van der Waals surface area (Å²) in [7, 11) is -1.95. The molecule has 1 aliphatic rings. The molecule has 0 fully saturated rings. The first kappa shape index (κ1) is 37.5. The summed E-state index contributed by atoms with van der Waals surface area (Å²) in [5.74, 6) is 0.806. The Hall–Kier alpha value is -2.91. The zero-order valence-corrected chi connectivity index (χ0v) is 30.8. The molecule has 0 unspecified atom stereocenters. The van der Waals surface area contributed by atoms with Gasteiger partial charge in [0.2, 0.25) is 20.1 Å². The lowest BCUT2D eigenvalue weighted by atomic mass is 9.70. The molecule has 0 saturated heterocycles. The van der Waals surface area contributed by atoms with E-state index in [1.54, 1.807) is 0 Å². The van der Waals surface area contributed by atoms with Gasteiger partial charge in [0.15, 0.2) is 0 Å². The van der Waals surface area contributed by atoms with Crippen LogP contribution in [0.4, 0.5) is 0 Å². The molecule has 3 rings (SSSR count). The Labute approximate surface area is 278 Å². The lowest BCUT2D eigenvalue weighted by molar-refractivity contribution is -0.145. The van der Waals surface area contributed by atoms with Crippen molar-refractivity contribution in [3.63, 3.8) is 0 Å². The zero-order chi connectivity index (χ0) is 34.2. The van der Waals surface area contributed by atoms with Crippen molar-refractivity contribution in [2.75, 3.05) is 19.8 Å². The van der Waals surface area contributed by atoms with Crippen molar-refractivity contribution in [1.82, 2.24) is 4.73 Å². The predicted molar refractivity (Wildman–Crippen MR) is 186 cm³/mol. The van der Waals surface area contributed by atoms with Crippen molar-refractivity contribution in [3.05, 3.63) is 47.5 Å². The van der Waals surface area contributed by atoms with Gasteiger partial charge in [-0.3, -0.25) is 0 Å². The van der Waals surface area contributed by atoms with E-state index < -0.39 is 14.3 Å². The van der Waals surface area contributed by atoms with Crippen molar-refractivity contribution in [3.8, 4) is 17.5 Å². The number of ether oxygens (including phenoxy) is 2. The van der Waals surface area contributed by atoms with Crippen LogP contribution in [0.25, 0.3) is 5.76 Å². The van der Waals surface area contributed by atoms with Gasteiger partial charge in [0, 0.05) is 41.6 Å². The van der Waals surface area contributed by atoms with Crippen LogP contribution in [0.1, 0.15) is 112 Å². The SMILES string of the molecule is CC(C)(COCCCCCCCCCCC(=O)On1c(O)ccc1O)C1=C(c2cccc(O[Si](C)(C)C(C)(C)C)c2)OCC1(C)C. The van der Waals surface area contributed by atoms with Gasteiger partial charge in [-0.2, -0.15) is 0 Å². The first-order valence-corrected chi connectivity index (χ1v) is 19.9. The average Bonchev–Trinajstić information content (AvgIpc) is 3.46. The summed E-state index contributed by atoms with van der Waals surface area (Å²) in [5, 5.41) is 19.2. The molecule has 0 saturated carbocycles. The van der Waals surface area contributed by atoms with Gasteiger partial charge in [0.25, 0.3) is 0 Å². The highest BCUT2D eigenvalue weighted by molar-refractivity contribution is 6.74. The Kier molecular flexibility index (Phi) is 12.9. The van der Waals surface area contributed by atoms with Gasteiger partial charge >= 0.3 is 5.97 Å². The van der Waals surface area contributed by atoms with Gasteiger partial charge in [-0.15, -0.1) is 4.73 Å². The first-order chi connectivity index (χ1) is 21.4. The van der Waals surface area contributed by atoms with Crippen LogP contribution >= 0.6 is 0 Å². The van der Waals surface area contributed by atoms with E-state index in [4.69, 9.17) is 18.7 Å². The second-order valence-electron chi connectivity index (χ2n) is 15.6. The van der Waals surface area contributed by atoms with Crippen LogP contribution in [0.2, 0.25) is 18.1 Å². The number of aromatic hydroxyl groups is 2. The molecule has 1 aromatic heterocycles. The van der Waals surface area contributed by atoms with Gasteiger partial charge in [-0.1, -0.05) is 99.1 Å². The molecule has 0 amide bonds. The first-order valence-electron chi connectivity index (χ1n) is 17.0. The van der Waals surface area contributed by atoms with E-state index in [2.05, 4.69) is 85.8 Å². The maximum atomic E-state index is 11.9. The van der Waals surface area contributed by atoms with Crippen LogP contribution < -0.4 is 9.26 Å². The Bertz CT molecular complexity index is 1300. The number of unbranched alkanes of at least 4 members (excludes halogenated alkanes) is 7. The monoisotopic (exact) mass is 657 g/mol. The molecule has 2 N–H and O–H groups in total. The summed E-state index contributed by atoms with van der Waals surface area (Å²) < 4.78 is 20.0. The third-order valence-corrected chi connectivity index (χ3v) is 13.7. The lowest BCUT2D eigenvalue weighted by Gasteiger charge is -2.36. The molecule has 9 heteroatoms. The topological polar surface area (TPSA) is 99.4 Å². The molecule has 0 spiro atoms. The van der Waals surface area contributed by atoms with E-state index >= 15 is 0 Å². The molecule has 1 aromatic carbocycles. The van der Waals surface area contributed by atoms with Crippen LogP contribution in [-0.2, 0) is 14.3 Å². The third-order valence-electron chi connectivity index (χ3n) is 9.31. The number of benzene rings is 1. The molecule has 0 atom stereocenters. The number of carbonyl (C=O) groups is 1. The molecule has 8 nitrogen and oxygen atoms in total. The number of hydrogen-bond donors (Lipinski definition) is 2. The van der Waals surface area contributed by atoms with Crippen LogP contribution in [0, 0.1) is 10.8 Å². The van der Waals surface area contributed by atoms with Crippen molar-refractivity contribution in [2.24, 2.45) is 10.8 Å². The number of nitrogens with zero attached hydrogens (tertiary/aromatic N) is 1. The Morgan fingerprint density at radius 1 is 0.913 bits per heavy atom. The molecule has 0 bridgehead atoms. The van der Waals surface area contributed by atoms with Gasteiger partial charge in [-0.05, 0) is 48.7 Å². The molecule has 1 aliphatic heterocycles. The normalized spacial score (nSPS) is 15.2. The molecule has 2 aromatic rings. The van der Waals surface area contributed by atoms with Gasteiger partial charge in [0.1, 0.15) is 11.5 Å². The summed E-state index contributed by atoms with van der Waals surface area (Å²) >= 11 is 0. The summed E-state index contributed by atoms with van der Waals surface area (Å²) in [5.41, 5.74) is 2.11. The molecule has 0 radical (unpaired) electrons. The summed E-state index contributed by atoms with van der Waals surface area (Å²) in [6.45, 7) is 22.4. The van der Waals surface area contributed by atoms with E-state index in [0.717, 1.165) is 66.9 Å². The highest BCUT2D eigenvalue weighted by Crippen LogP contribution is 2.50. The standard InChI is InChI=1S/C37H59NO7Si/c1-35(2,3)46(8,9)45-29-20-18-19-28(25-29)33-34(37(6,7)27-43-33)36(4,5)26-42-24-17-15-13-11-10-12-14-16-21-32(41)44-38-30(39)22-23-31(38)40/h18-20,22-23,25,39-40H,10-17,21,24,26-27H2,1-9H3. The van der Waals surface area contributed by atoms with E-state index in [9.17, 15) is 15.0 Å². The summed E-state index contributed by atoms with van der Waals surface area (Å²) in [6, 6.07) is 10.9. The fourth-order valence-corrected chi connectivity index (χ4v) is 6.90. The van der Waals surface area contributed by atoms with Crippen LogP contribution in [0.15, 0.2) is 42.0 Å². The van der Waals surface area contributed by atoms with Gasteiger partial charge < -0.3 is 29.0 Å². The largest absolute Gasteiger partial charge is 0.543 e. The van der Waals surface area contributed by atoms with Crippen LogP contribution in [0.3, 0.4) is 0 Å². The van der Waals surface area contributed by atoms with Crippen molar-refractivity contribution in [2.45, 2.75) is 124 Å². The zero-order valence-electron chi connectivity index (χ0n) is 29.8. The number of aromatic nitrogens is 1. The Morgan fingerprint density at radius 3 is 2.11 bits per heavy atom. The average molecular weight is 658 g/mol. The molecule has 2 heterocycles. The van der Waals surface area contributed by atoms with E-state index in [1.807, 2.05) is 0 Å². The fourth-order valence-electron chi connectivity index (χ4n) is 5.88. The number of hydrogen-bond acceptors (Lipinski definition) is 7. The Balaban J connectivity index is 1.38. The second kappa shape index (κ2) is 15.8. The quantitative estimate of drug-likeness (QED) is 0.122. The highest BCUT2D eigenvalue weighted by Gasteiger charge is 2.44. The van der Waals surface area contributed by atoms with E-state index in [0.29, 0.717) is 13.2 Å². The minimum absolute atomic E-state index is 0.0900. The van der Waals surface area contributed by atoms with E-state index in [-0.39, 0.29) is 34.0 Å². The van der Waals surface area contributed by atoms with Crippen LogP contribution in [-0.4, -0.2) is 49.1 Å². The van der Waals surface area contributed by atoms with Gasteiger partial charge in [0.05, 0.1) is 13.2 Å². The minimum atomic E-state index is -1.95. The number of rotatable bonds is 18. The molecule has 0 aliphatic carbocycles. The molecular weight excluding hydrogens is 598 g/mol. The molecular formula is C37H59NO7Si. The maximum absolute atomic E-state index is 11.9. The van der Waals surface area contributed by atoms with Crippen LogP contribution in [0.5, 0.6) is 17.5 Å². The third kappa shape index (κ3) is 10.3. The Morgan fingerprint density at radius 2 is 1.50 bits per heavy atom. The second-order valence-corrected chi connectivity index (χ2v) is 20.3. The van der Waals surface area contributed by atoms with Crippen molar-refractivity contribution in [1.29, 1.82) is 0 Å². The van der Waals surface area contributed by atoms with Crippen molar-refractivity contribution < 1.29 is 33.7 Å². The van der Waals surface area contributed by atoms with Crippen molar-refractivity contribution >= 4 is 20.0 Å². The fraction of sp³-hybridized carbons (Fsp3) is 0.649. The minimum Gasteiger partial charge on any atom is -0.543 e. The molecule has 258 valence electrons. The maximum Gasteiger partial charge on any atom is 0.333 e. The highest BCUT2D eigenvalue weighted by atomic mass is 28.4. The predicted octanol–water partition coefficient (Wildman–Crippen LogP) is 9.26. The molecule has 46 heavy (non-hydrogen) atoms. The summed E-state index contributed by atoms with van der Waals surface area (Å²) in [6.07, 6.45) is 8.65. The van der Waals surface area contributed by atoms with E-state index in [1.165, 1.54) is 30.5 Å². The number of carbonyl (C=O) groups excluding carboxylic acids is 1. The summed E-state index contributed by atoms with van der Waals surface area (Å²) in [4.78, 5) is 16.9. The van der Waals surface area contributed by atoms with Gasteiger partial charge in [-0.25, -0.2) is 4.79 Å². The lowest BCUT2D eigenvalue weighted by Crippen LogP contribution is -2.43. The smallest absolute Gasteiger partial charge is 0.333 e.